The lowest BCUT2D eigenvalue weighted by Gasteiger charge is -2.19. The van der Waals surface area contributed by atoms with Gasteiger partial charge < -0.3 is 9.47 Å². The van der Waals surface area contributed by atoms with Crippen molar-refractivity contribution in [1.29, 1.82) is 0 Å². The molecule has 0 saturated heterocycles. The first-order valence-corrected chi connectivity index (χ1v) is 10.4. The zero-order valence-corrected chi connectivity index (χ0v) is 16.2. The number of carbonyl (C=O) groups is 1. The van der Waals surface area contributed by atoms with E-state index in [1.54, 1.807) is 55.1 Å². The van der Waals surface area contributed by atoms with Gasteiger partial charge in [0.05, 0.1) is 30.1 Å². The summed E-state index contributed by atoms with van der Waals surface area (Å²) < 4.78 is 37.8. The summed E-state index contributed by atoms with van der Waals surface area (Å²) in [7, 11) is -2.06. The molecular formula is C20H18N2O5S. The highest BCUT2D eigenvalue weighted by atomic mass is 32.2. The summed E-state index contributed by atoms with van der Waals surface area (Å²) in [6.07, 6.45) is 0. The van der Waals surface area contributed by atoms with Crippen LogP contribution in [0.15, 0.2) is 53.4 Å². The van der Waals surface area contributed by atoms with E-state index in [2.05, 4.69) is 5.10 Å². The minimum atomic E-state index is -3.60. The third-order valence-electron chi connectivity index (χ3n) is 4.58. The summed E-state index contributed by atoms with van der Waals surface area (Å²) in [5.41, 5.74) is 1.99. The smallest absolute Gasteiger partial charge is 0.359 e. The second kappa shape index (κ2) is 6.79. The molecular weight excluding hydrogens is 380 g/mol. The second-order valence-corrected chi connectivity index (χ2v) is 8.19. The lowest BCUT2D eigenvalue weighted by molar-refractivity contribution is 0.0518. The van der Waals surface area contributed by atoms with Gasteiger partial charge in [0.1, 0.15) is 11.4 Å². The molecule has 0 fully saturated rings. The number of aromatic nitrogens is 2. The second-order valence-electron chi connectivity index (χ2n) is 6.24. The van der Waals surface area contributed by atoms with Crippen molar-refractivity contribution in [1.82, 2.24) is 9.78 Å². The maximum absolute atomic E-state index is 12.8. The van der Waals surface area contributed by atoms with E-state index < -0.39 is 15.8 Å². The van der Waals surface area contributed by atoms with Crippen LogP contribution in [0.2, 0.25) is 0 Å². The monoisotopic (exact) mass is 398 g/mol. The first-order valence-electron chi connectivity index (χ1n) is 8.72. The fourth-order valence-electron chi connectivity index (χ4n) is 3.41. The molecule has 1 aliphatic heterocycles. The molecule has 0 spiro atoms. The SMILES string of the molecule is CCOC(=O)c1nn(-c2ccccc2OC)c2c1CS(=O)(=O)c1ccccc1-2. The Kier molecular flexibility index (Phi) is 4.43. The van der Waals surface area contributed by atoms with Crippen LogP contribution in [-0.4, -0.2) is 37.9 Å². The Morgan fingerprint density at radius 1 is 1.14 bits per heavy atom. The topological polar surface area (TPSA) is 87.5 Å². The third kappa shape index (κ3) is 2.77. The van der Waals surface area contributed by atoms with Crippen LogP contribution in [-0.2, 0) is 20.3 Å². The van der Waals surface area contributed by atoms with Crippen LogP contribution in [0.5, 0.6) is 5.75 Å². The molecule has 2 heterocycles. The van der Waals surface area contributed by atoms with Gasteiger partial charge in [-0.3, -0.25) is 0 Å². The van der Waals surface area contributed by atoms with Gasteiger partial charge in [-0.25, -0.2) is 17.9 Å². The Labute approximate surface area is 162 Å². The number of methoxy groups -OCH3 is 1. The Morgan fingerprint density at radius 2 is 1.86 bits per heavy atom. The van der Waals surface area contributed by atoms with Crippen LogP contribution in [0.4, 0.5) is 0 Å². The molecule has 8 heteroatoms. The molecule has 0 N–H and O–H groups in total. The minimum absolute atomic E-state index is 0.000772. The van der Waals surface area contributed by atoms with Gasteiger partial charge >= 0.3 is 5.97 Å². The number of rotatable bonds is 4. The van der Waals surface area contributed by atoms with Crippen molar-refractivity contribution >= 4 is 15.8 Å². The van der Waals surface area contributed by atoms with Gasteiger partial charge in [-0.05, 0) is 25.1 Å². The van der Waals surface area contributed by atoms with E-state index in [9.17, 15) is 13.2 Å². The van der Waals surface area contributed by atoms with Crippen LogP contribution < -0.4 is 4.74 Å². The summed E-state index contributed by atoms with van der Waals surface area (Å²) in [6, 6.07) is 13.9. The van der Waals surface area contributed by atoms with Crippen molar-refractivity contribution in [2.75, 3.05) is 13.7 Å². The molecule has 7 nitrogen and oxygen atoms in total. The molecule has 0 bridgehead atoms. The molecule has 3 aromatic rings. The summed E-state index contributed by atoms with van der Waals surface area (Å²) in [5, 5.41) is 4.45. The standard InChI is InChI=1S/C20H18N2O5S/c1-3-27-20(23)18-14-12-28(24,25)17-11-7-4-8-13(17)19(14)22(21-18)15-9-5-6-10-16(15)26-2/h4-11H,3,12H2,1-2H3. The van der Waals surface area contributed by atoms with Crippen LogP contribution >= 0.6 is 0 Å². The van der Waals surface area contributed by atoms with Gasteiger partial charge in [-0.15, -0.1) is 0 Å². The van der Waals surface area contributed by atoms with E-state index in [0.29, 0.717) is 28.3 Å². The largest absolute Gasteiger partial charge is 0.494 e. The van der Waals surface area contributed by atoms with Gasteiger partial charge in [0.25, 0.3) is 0 Å². The normalized spacial score (nSPS) is 14.1. The van der Waals surface area contributed by atoms with E-state index in [-0.39, 0.29) is 22.9 Å². The summed E-state index contributed by atoms with van der Waals surface area (Å²) in [4.78, 5) is 12.7. The lowest BCUT2D eigenvalue weighted by atomic mass is 10.1. The average Bonchev–Trinajstić information content (AvgIpc) is 3.07. The molecule has 0 amide bonds. The van der Waals surface area contributed by atoms with Crippen molar-refractivity contribution in [3.05, 3.63) is 59.8 Å². The zero-order valence-electron chi connectivity index (χ0n) is 15.4. The molecule has 4 rings (SSSR count). The Morgan fingerprint density at radius 3 is 2.61 bits per heavy atom. The molecule has 1 aromatic heterocycles. The number of hydrogen-bond acceptors (Lipinski definition) is 6. The van der Waals surface area contributed by atoms with Gasteiger partial charge in [-0.2, -0.15) is 5.10 Å². The highest BCUT2D eigenvalue weighted by Crippen LogP contribution is 2.41. The lowest BCUT2D eigenvalue weighted by Crippen LogP contribution is -2.16. The number of fused-ring (bicyclic) bond motifs is 3. The van der Waals surface area contributed by atoms with E-state index in [1.807, 2.05) is 12.1 Å². The fraction of sp³-hybridized carbons (Fsp3) is 0.200. The Hall–Kier alpha value is -3.13. The van der Waals surface area contributed by atoms with Gasteiger partial charge in [0.2, 0.25) is 0 Å². The van der Waals surface area contributed by atoms with Crippen LogP contribution in [0.3, 0.4) is 0 Å². The predicted octanol–water partition coefficient (Wildman–Crippen LogP) is 3.01. The number of ether oxygens (including phenoxy) is 2. The summed E-state index contributed by atoms with van der Waals surface area (Å²) in [6.45, 7) is 1.85. The first kappa shape index (κ1) is 18.2. The molecule has 0 unspecified atom stereocenters. The van der Waals surface area contributed by atoms with Crippen LogP contribution in [0.25, 0.3) is 16.9 Å². The van der Waals surface area contributed by atoms with Crippen molar-refractivity contribution in [2.45, 2.75) is 17.6 Å². The number of esters is 1. The van der Waals surface area contributed by atoms with Crippen molar-refractivity contribution < 1.29 is 22.7 Å². The Bertz CT molecular complexity index is 1180. The molecule has 0 aliphatic carbocycles. The summed E-state index contributed by atoms with van der Waals surface area (Å²) in [5.74, 6) is -0.418. The maximum atomic E-state index is 12.8. The van der Waals surface area contributed by atoms with Gasteiger partial charge in [0, 0.05) is 11.1 Å². The van der Waals surface area contributed by atoms with Gasteiger partial charge in [-0.1, -0.05) is 30.3 Å². The van der Waals surface area contributed by atoms with Crippen molar-refractivity contribution in [2.24, 2.45) is 0 Å². The first-order chi connectivity index (χ1) is 13.5. The quantitative estimate of drug-likeness (QED) is 0.628. The average molecular weight is 398 g/mol. The highest BCUT2D eigenvalue weighted by Gasteiger charge is 2.36. The zero-order chi connectivity index (χ0) is 19.9. The molecule has 144 valence electrons. The predicted molar refractivity (Wildman–Crippen MR) is 102 cm³/mol. The molecule has 1 aliphatic rings. The van der Waals surface area contributed by atoms with Crippen molar-refractivity contribution in [3.8, 4) is 22.7 Å². The van der Waals surface area contributed by atoms with E-state index in [1.165, 1.54) is 0 Å². The van der Waals surface area contributed by atoms with Crippen molar-refractivity contribution in [3.63, 3.8) is 0 Å². The molecule has 0 radical (unpaired) electrons. The number of carbonyl (C=O) groups excluding carboxylic acids is 1. The van der Waals surface area contributed by atoms with E-state index in [0.717, 1.165) is 0 Å². The number of para-hydroxylation sites is 2. The number of hydrogen-bond donors (Lipinski definition) is 0. The Balaban J connectivity index is 2.07. The molecule has 28 heavy (non-hydrogen) atoms. The van der Waals surface area contributed by atoms with Gasteiger partial charge in [0.15, 0.2) is 15.5 Å². The number of sulfone groups is 1. The van der Waals surface area contributed by atoms with E-state index >= 15 is 0 Å². The third-order valence-corrected chi connectivity index (χ3v) is 6.27. The van der Waals surface area contributed by atoms with Crippen LogP contribution in [0.1, 0.15) is 23.0 Å². The molecule has 2 aromatic carbocycles. The minimum Gasteiger partial charge on any atom is -0.494 e. The molecule has 0 saturated carbocycles. The molecule has 0 atom stereocenters. The van der Waals surface area contributed by atoms with Crippen LogP contribution in [0, 0.1) is 0 Å². The van der Waals surface area contributed by atoms with E-state index in [4.69, 9.17) is 9.47 Å². The maximum Gasteiger partial charge on any atom is 0.359 e. The fourth-order valence-corrected chi connectivity index (χ4v) is 5.00. The highest BCUT2D eigenvalue weighted by molar-refractivity contribution is 7.90. The number of benzene rings is 2. The number of nitrogens with zero attached hydrogens (tertiary/aromatic N) is 2. The summed E-state index contributed by atoms with van der Waals surface area (Å²) >= 11 is 0.